The molecule has 1 saturated heterocycles. The Bertz CT molecular complexity index is 840. The van der Waals surface area contributed by atoms with Gasteiger partial charge in [0.05, 0.1) is 11.5 Å². The summed E-state index contributed by atoms with van der Waals surface area (Å²) >= 11 is 0. The molecular formula is C19H26N4O2S. The molecule has 2 aromatic rings. The zero-order valence-corrected chi connectivity index (χ0v) is 16.2. The molecule has 1 aromatic carbocycles. The zero-order valence-electron chi connectivity index (χ0n) is 15.4. The van der Waals surface area contributed by atoms with Gasteiger partial charge in [0.25, 0.3) is 0 Å². The first-order valence-corrected chi connectivity index (χ1v) is 10.8. The molecular weight excluding hydrogens is 348 g/mol. The van der Waals surface area contributed by atoms with Crippen LogP contribution < -0.4 is 10.2 Å². The first-order chi connectivity index (χ1) is 12.4. The predicted molar refractivity (Wildman–Crippen MR) is 105 cm³/mol. The molecule has 1 aromatic heterocycles. The van der Waals surface area contributed by atoms with Crippen LogP contribution in [-0.4, -0.2) is 49.5 Å². The van der Waals surface area contributed by atoms with E-state index in [4.69, 9.17) is 0 Å². The average Bonchev–Trinajstić information content (AvgIpc) is 2.98. The van der Waals surface area contributed by atoms with E-state index in [1.54, 1.807) is 0 Å². The Labute approximate surface area is 155 Å². The summed E-state index contributed by atoms with van der Waals surface area (Å²) in [6.07, 6.45) is 2.69. The third kappa shape index (κ3) is 4.94. The molecule has 1 atom stereocenters. The van der Waals surface area contributed by atoms with E-state index in [9.17, 15) is 8.42 Å². The van der Waals surface area contributed by atoms with Crippen LogP contribution in [0.15, 0.2) is 36.4 Å². The van der Waals surface area contributed by atoms with Gasteiger partial charge >= 0.3 is 0 Å². The Morgan fingerprint density at radius 2 is 2.00 bits per heavy atom. The fourth-order valence-corrected chi connectivity index (χ4v) is 5.02. The molecule has 1 aliphatic rings. The zero-order chi connectivity index (χ0) is 18.6. The van der Waals surface area contributed by atoms with Gasteiger partial charge in [-0.1, -0.05) is 30.3 Å². The minimum Gasteiger partial charge on any atom is -0.370 e. The second kappa shape index (κ2) is 8.03. The van der Waals surface area contributed by atoms with Gasteiger partial charge in [-0.2, -0.15) is 0 Å². The second-order valence-electron chi connectivity index (χ2n) is 6.84. The van der Waals surface area contributed by atoms with Gasteiger partial charge in [-0.15, -0.1) is 0 Å². The van der Waals surface area contributed by atoms with Crippen LogP contribution in [0.2, 0.25) is 0 Å². The number of benzene rings is 1. The largest absolute Gasteiger partial charge is 0.370 e. The van der Waals surface area contributed by atoms with Crippen molar-refractivity contribution in [2.24, 2.45) is 0 Å². The van der Waals surface area contributed by atoms with Crippen molar-refractivity contribution in [3.05, 3.63) is 47.8 Å². The third-order valence-corrected chi connectivity index (χ3v) is 6.48. The van der Waals surface area contributed by atoms with E-state index in [0.29, 0.717) is 12.2 Å². The maximum atomic E-state index is 11.7. The summed E-state index contributed by atoms with van der Waals surface area (Å²) < 4.78 is 23.5. The molecule has 7 heteroatoms. The Balaban J connectivity index is 1.58. The molecule has 1 unspecified atom stereocenters. The summed E-state index contributed by atoms with van der Waals surface area (Å²) in [5.41, 5.74) is 1.33. The number of aromatic nitrogens is 2. The molecule has 26 heavy (non-hydrogen) atoms. The third-order valence-electron chi connectivity index (χ3n) is 4.73. The van der Waals surface area contributed by atoms with Crippen LogP contribution >= 0.6 is 0 Å². The van der Waals surface area contributed by atoms with Crippen molar-refractivity contribution in [1.82, 2.24) is 9.97 Å². The van der Waals surface area contributed by atoms with Crippen molar-refractivity contribution in [2.75, 3.05) is 35.3 Å². The highest BCUT2D eigenvalue weighted by Crippen LogP contribution is 2.23. The first-order valence-electron chi connectivity index (χ1n) is 9.00. The lowest BCUT2D eigenvalue weighted by Crippen LogP contribution is -2.33. The number of anilines is 2. The Morgan fingerprint density at radius 3 is 2.69 bits per heavy atom. The first kappa shape index (κ1) is 18.6. The Kier molecular flexibility index (Phi) is 5.76. The lowest BCUT2D eigenvalue weighted by molar-refractivity contribution is 0.600. The van der Waals surface area contributed by atoms with Gasteiger partial charge in [0.15, 0.2) is 9.84 Å². The Hall–Kier alpha value is -2.15. The highest BCUT2D eigenvalue weighted by atomic mass is 32.2. The lowest BCUT2D eigenvalue weighted by Gasteiger charge is -2.25. The van der Waals surface area contributed by atoms with Gasteiger partial charge in [0.1, 0.15) is 17.5 Å². The SMILES string of the molecule is Cc1nc(NCCCc2ccccc2)cc(N(C)C2CCS(=O)(=O)C2)n1. The van der Waals surface area contributed by atoms with E-state index in [-0.39, 0.29) is 17.5 Å². The van der Waals surface area contributed by atoms with Gasteiger partial charge < -0.3 is 10.2 Å². The second-order valence-corrected chi connectivity index (χ2v) is 9.07. The lowest BCUT2D eigenvalue weighted by atomic mass is 10.1. The van der Waals surface area contributed by atoms with Crippen molar-refractivity contribution in [3.63, 3.8) is 0 Å². The van der Waals surface area contributed by atoms with Crippen molar-refractivity contribution in [3.8, 4) is 0 Å². The summed E-state index contributed by atoms with van der Waals surface area (Å²) in [7, 11) is -1.00. The maximum Gasteiger partial charge on any atom is 0.152 e. The summed E-state index contributed by atoms with van der Waals surface area (Å²) in [6, 6.07) is 12.3. The van der Waals surface area contributed by atoms with E-state index in [1.165, 1.54) is 5.56 Å². The molecule has 6 nitrogen and oxygen atoms in total. The van der Waals surface area contributed by atoms with Crippen LogP contribution in [0, 0.1) is 6.92 Å². The van der Waals surface area contributed by atoms with Crippen molar-refractivity contribution in [2.45, 2.75) is 32.2 Å². The molecule has 3 rings (SSSR count). The summed E-state index contributed by atoms with van der Waals surface area (Å²) in [5.74, 6) is 2.70. The van der Waals surface area contributed by atoms with E-state index in [2.05, 4.69) is 39.6 Å². The predicted octanol–water partition coefficient (Wildman–Crippen LogP) is 2.45. The molecule has 0 bridgehead atoms. The molecule has 2 heterocycles. The standard InChI is InChI=1S/C19H26N4O2S/c1-15-21-18(20-11-6-9-16-7-4-3-5-8-16)13-19(22-15)23(2)17-10-12-26(24,25)14-17/h3-5,7-8,13,17H,6,9-12,14H2,1-2H3,(H,20,21,22). The number of aryl methyl sites for hydroxylation is 2. The monoisotopic (exact) mass is 374 g/mol. The topological polar surface area (TPSA) is 75.2 Å². The number of nitrogens with one attached hydrogen (secondary N) is 1. The maximum absolute atomic E-state index is 11.7. The van der Waals surface area contributed by atoms with Crippen LogP contribution in [0.3, 0.4) is 0 Å². The van der Waals surface area contributed by atoms with E-state index in [0.717, 1.165) is 31.0 Å². The molecule has 0 saturated carbocycles. The summed E-state index contributed by atoms with van der Waals surface area (Å²) in [4.78, 5) is 10.9. The summed E-state index contributed by atoms with van der Waals surface area (Å²) in [6.45, 7) is 2.68. The molecule has 1 aliphatic heterocycles. The molecule has 0 radical (unpaired) electrons. The Morgan fingerprint density at radius 1 is 1.23 bits per heavy atom. The number of hydrogen-bond acceptors (Lipinski definition) is 6. The fourth-order valence-electron chi connectivity index (χ4n) is 3.24. The van der Waals surface area contributed by atoms with Gasteiger partial charge in [-0.05, 0) is 31.7 Å². The smallest absolute Gasteiger partial charge is 0.152 e. The van der Waals surface area contributed by atoms with Gasteiger partial charge in [0, 0.05) is 25.7 Å². The van der Waals surface area contributed by atoms with E-state index < -0.39 is 9.84 Å². The molecule has 1 fully saturated rings. The molecule has 1 N–H and O–H groups in total. The van der Waals surface area contributed by atoms with Crippen molar-refractivity contribution < 1.29 is 8.42 Å². The fraction of sp³-hybridized carbons (Fsp3) is 0.474. The van der Waals surface area contributed by atoms with Crippen molar-refractivity contribution >= 4 is 21.5 Å². The van der Waals surface area contributed by atoms with Crippen LogP contribution in [0.25, 0.3) is 0 Å². The van der Waals surface area contributed by atoms with Crippen LogP contribution in [0.5, 0.6) is 0 Å². The highest BCUT2D eigenvalue weighted by molar-refractivity contribution is 7.91. The normalized spacial score (nSPS) is 18.6. The highest BCUT2D eigenvalue weighted by Gasteiger charge is 2.31. The van der Waals surface area contributed by atoms with Crippen LogP contribution in [0.1, 0.15) is 24.2 Å². The number of nitrogens with zero attached hydrogens (tertiary/aromatic N) is 3. The number of hydrogen-bond donors (Lipinski definition) is 1. The van der Waals surface area contributed by atoms with Crippen LogP contribution in [-0.2, 0) is 16.3 Å². The van der Waals surface area contributed by atoms with Gasteiger partial charge in [-0.3, -0.25) is 0 Å². The minimum absolute atomic E-state index is 0.0137. The molecule has 0 spiro atoms. The molecule has 0 aliphatic carbocycles. The van der Waals surface area contributed by atoms with Gasteiger partial charge in [0.2, 0.25) is 0 Å². The van der Waals surface area contributed by atoms with E-state index >= 15 is 0 Å². The number of rotatable bonds is 7. The van der Waals surface area contributed by atoms with Crippen molar-refractivity contribution in [1.29, 1.82) is 0 Å². The quantitative estimate of drug-likeness (QED) is 0.751. The number of sulfone groups is 1. The van der Waals surface area contributed by atoms with E-state index in [1.807, 2.05) is 31.0 Å². The molecule has 0 amide bonds. The van der Waals surface area contributed by atoms with Crippen LogP contribution in [0.4, 0.5) is 11.6 Å². The average molecular weight is 375 g/mol. The molecule has 140 valence electrons. The minimum atomic E-state index is -2.91. The summed E-state index contributed by atoms with van der Waals surface area (Å²) in [5, 5.41) is 3.36. The van der Waals surface area contributed by atoms with Gasteiger partial charge in [-0.25, -0.2) is 18.4 Å².